The molecule has 9 heteroatoms. The van der Waals surface area contributed by atoms with E-state index in [4.69, 9.17) is 0 Å². The van der Waals surface area contributed by atoms with Crippen molar-refractivity contribution in [3.05, 3.63) is 33.9 Å². The summed E-state index contributed by atoms with van der Waals surface area (Å²) in [4.78, 5) is 35.3. The summed E-state index contributed by atoms with van der Waals surface area (Å²) in [6.07, 6.45) is 0.228. The largest absolute Gasteiger partial charge is 0.465 e. The molecule has 0 unspecified atom stereocenters. The third-order valence-electron chi connectivity index (χ3n) is 3.95. The Bertz CT molecular complexity index is 655. The maximum Gasteiger partial charge on any atom is 0.338 e. The van der Waals surface area contributed by atoms with Crippen molar-refractivity contribution in [3.8, 4) is 0 Å². The minimum atomic E-state index is -1.30. The number of nitro benzene ring substituents is 1. The van der Waals surface area contributed by atoms with Crippen LogP contribution < -0.4 is 4.90 Å². The maximum absolute atomic E-state index is 12.1. The normalized spacial score (nSPS) is 16.5. The van der Waals surface area contributed by atoms with Gasteiger partial charge in [-0.3, -0.25) is 19.8 Å². The molecule has 124 valence electrons. The molecule has 1 aliphatic rings. The first kappa shape index (κ1) is 16.8. The van der Waals surface area contributed by atoms with Gasteiger partial charge < -0.3 is 14.9 Å². The van der Waals surface area contributed by atoms with Crippen LogP contribution in [0.15, 0.2) is 18.2 Å². The van der Waals surface area contributed by atoms with Gasteiger partial charge in [-0.25, -0.2) is 4.79 Å². The van der Waals surface area contributed by atoms with Crippen molar-refractivity contribution in [1.82, 2.24) is 0 Å². The Morgan fingerprint density at radius 1 is 1.43 bits per heavy atom. The van der Waals surface area contributed by atoms with Gasteiger partial charge >= 0.3 is 5.97 Å². The van der Waals surface area contributed by atoms with Crippen molar-refractivity contribution in [2.75, 3.05) is 25.2 Å². The molecule has 1 aromatic rings. The Morgan fingerprint density at radius 3 is 2.61 bits per heavy atom. The van der Waals surface area contributed by atoms with E-state index in [0.717, 1.165) is 18.1 Å². The fraction of sp³-hybridized carbons (Fsp3) is 0.429. The number of carbonyl (C=O) groups is 2. The van der Waals surface area contributed by atoms with Gasteiger partial charge in [-0.2, -0.15) is 0 Å². The van der Waals surface area contributed by atoms with E-state index in [0.29, 0.717) is 0 Å². The molecule has 1 saturated heterocycles. The number of methoxy groups -OCH3 is 1. The lowest BCUT2D eigenvalue weighted by Gasteiger charge is -2.35. The summed E-state index contributed by atoms with van der Waals surface area (Å²) in [5, 5.41) is 30.5. The number of esters is 1. The molecular weight excluding hydrogens is 308 g/mol. The number of rotatable bonds is 5. The van der Waals surface area contributed by atoms with E-state index in [1.807, 2.05) is 0 Å². The standard InChI is InChI=1S/C14H16N2O7/c1-23-13(20)9-2-3-10(11(6-9)16(21)22)15-12(19)4-5-14(15,7-17)8-18/h2-3,6,17-18H,4-5,7-8H2,1H3. The molecule has 1 amide bonds. The molecule has 1 heterocycles. The minimum absolute atomic E-state index is 0.0341. The zero-order valence-electron chi connectivity index (χ0n) is 12.4. The third-order valence-corrected chi connectivity index (χ3v) is 3.95. The molecule has 23 heavy (non-hydrogen) atoms. The number of aliphatic hydroxyl groups is 2. The molecule has 2 N–H and O–H groups in total. The maximum atomic E-state index is 12.1. The van der Waals surface area contributed by atoms with Crippen molar-refractivity contribution in [1.29, 1.82) is 0 Å². The number of amides is 1. The second kappa shape index (κ2) is 6.31. The first-order valence-corrected chi connectivity index (χ1v) is 6.81. The summed E-state index contributed by atoms with van der Waals surface area (Å²) in [5.41, 5.74) is -1.88. The number of hydrogen-bond acceptors (Lipinski definition) is 7. The van der Waals surface area contributed by atoms with E-state index in [9.17, 15) is 29.9 Å². The highest BCUT2D eigenvalue weighted by Crippen LogP contribution is 2.40. The third kappa shape index (κ3) is 2.76. The molecular formula is C14H16N2O7. The van der Waals surface area contributed by atoms with Gasteiger partial charge in [0.05, 0.1) is 36.3 Å². The number of benzene rings is 1. The molecule has 2 rings (SSSR count). The molecule has 1 fully saturated rings. The zero-order valence-corrected chi connectivity index (χ0v) is 12.4. The number of hydrogen-bond donors (Lipinski definition) is 2. The summed E-state index contributed by atoms with van der Waals surface area (Å²) in [6.45, 7) is -1.07. The molecule has 9 nitrogen and oxygen atoms in total. The molecule has 0 aliphatic carbocycles. The molecule has 0 aromatic heterocycles. The van der Waals surface area contributed by atoms with Crippen LogP contribution in [0.2, 0.25) is 0 Å². The average Bonchev–Trinajstić information content (AvgIpc) is 2.90. The second-order valence-corrected chi connectivity index (χ2v) is 5.22. The van der Waals surface area contributed by atoms with E-state index in [1.165, 1.54) is 12.1 Å². The molecule has 0 saturated carbocycles. The van der Waals surface area contributed by atoms with Gasteiger partial charge in [0.1, 0.15) is 5.69 Å². The number of aliphatic hydroxyl groups excluding tert-OH is 2. The molecule has 0 bridgehead atoms. The first-order chi connectivity index (χ1) is 10.9. The first-order valence-electron chi connectivity index (χ1n) is 6.81. The van der Waals surface area contributed by atoms with Crippen molar-refractivity contribution >= 4 is 23.3 Å². The molecule has 0 spiro atoms. The highest BCUT2D eigenvalue weighted by Gasteiger charge is 2.47. The van der Waals surface area contributed by atoms with Gasteiger partial charge in [0.2, 0.25) is 5.91 Å². The Hall–Kier alpha value is -2.52. The fourth-order valence-electron chi connectivity index (χ4n) is 2.67. The summed E-state index contributed by atoms with van der Waals surface area (Å²) in [5.74, 6) is -1.19. The number of carbonyl (C=O) groups excluding carboxylic acids is 2. The van der Waals surface area contributed by atoms with E-state index < -0.39 is 41.2 Å². The summed E-state index contributed by atoms with van der Waals surface area (Å²) in [7, 11) is 1.15. The van der Waals surface area contributed by atoms with Crippen LogP contribution in [0.3, 0.4) is 0 Å². The molecule has 0 atom stereocenters. The summed E-state index contributed by atoms with van der Waals surface area (Å²) in [6, 6.07) is 3.54. The van der Waals surface area contributed by atoms with Crippen LogP contribution in [-0.2, 0) is 9.53 Å². The van der Waals surface area contributed by atoms with E-state index in [2.05, 4.69) is 4.74 Å². The van der Waals surface area contributed by atoms with E-state index in [1.54, 1.807) is 0 Å². The highest BCUT2D eigenvalue weighted by molar-refractivity contribution is 6.00. The monoisotopic (exact) mass is 324 g/mol. The van der Waals surface area contributed by atoms with Crippen LogP contribution >= 0.6 is 0 Å². The predicted octanol–water partition coefficient (Wildman–Crippen LogP) is 0.232. The van der Waals surface area contributed by atoms with Crippen molar-refractivity contribution < 1.29 is 29.5 Å². The fourth-order valence-corrected chi connectivity index (χ4v) is 2.67. The van der Waals surface area contributed by atoms with Gasteiger partial charge in [0, 0.05) is 12.5 Å². The lowest BCUT2D eigenvalue weighted by atomic mass is 9.97. The SMILES string of the molecule is COC(=O)c1ccc(N2C(=O)CCC2(CO)CO)c([N+](=O)[O-])c1. The Kier molecular flexibility index (Phi) is 4.62. The molecule has 1 aromatic carbocycles. The van der Waals surface area contributed by atoms with Gasteiger partial charge in [-0.1, -0.05) is 0 Å². The van der Waals surface area contributed by atoms with Gasteiger partial charge in [-0.15, -0.1) is 0 Å². The average molecular weight is 324 g/mol. The molecule has 0 radical (unpaired) electrons. The number of nitrogens with zero attached hydrogens (tertiary/aromatic N) is 2. The van der Waals surface area contributed by atoms with Crippen LogP contribution in [0.4, 0.5) is 11.4 Å². The summed E-state index contributed by atoms with van der Waals surface area (Å²) >= 11 is 0. The van der Waals surface area contributed by atoms with Crippen LogP contribution in [0.5, 0.6) is 0 Å². The Morgan fingerprint density at radius 2 is 2.09 bits per heavy atom. The van der Waals surface area contributed by atoms with Crippen molar-refractivity contribution in [2.24, 2.45) is 0 Å². The highest BCUT2D eigenvalue weighted by atomic mass is 16.6. The number of ether oxygens (including phenoxy) is 1. The number of anilines is 1. The lowest BCUT2D eigenvalue weighted by Crippen LogP contribution is -2.52. The summed E-state index contributed by atoms with van der Waals surface area (Å²) < 4.78 is 4.52. The quantitative estimate of drug-likeness (QED) is 0.450. The van der Waals surface area contributed by atoms with Crippen LogP contribution in [0.25, 0.3) is 0 Å². The molecule has 1 aliphatic heterocycles. The lowest BCUT2D eigenvalue weighted by molar-refractivity contribution is -0.384. The smallest absolute Gasteiger partial charge is 0.338 e. The Labute approximate surface area is 131 Å². The zero-order chi connectivity index (χ0) is 17.2. The predicted molar refractivity (Wildman–Crippen MR) is 78.1 cm³/mol. The van der Waals surface area contributed by atoms with Crippen molar-refractivity contribution in [3.63, 3.8) is 0 Å². The van der Waals surface area contributed by atoms with Crippen LogP contribution in [-0.4, -0.2) is 52.9 Å². The van der Waals surface area contributed by atoms with Gasteiger partial charge in [0.15, 0.2) is 0 Å². The van der Waals surface area contributed by atoms with E-state index in [-0.39, 0.29) is 24.1 Å². The van der Waals surface area contributed by atoms with Gasteiger partial charge in [-0.05, 0) is 18.6 Å². The second-order valence-electron chi connectivity index (χ2n) is 5.22. The Balaban J connectivity index is 2.59. The number of nitro groups is 1. The topological polar surface area (TPSA) is 130 Å². The van der Waals surface area contributed by atoms with Gasteiger partial charge in [0.25, 0.3) is 5.69 Å². The van der Waals surface area contributed by atoms with Crippen LogP contribution in [0.1, 0.15) is 23.2 Å². The minimum Gasteiger partial charge on any atom is -0.465 e. The van der Waals surface area contributed by atoms with Crippen LogP contribution in [0, 0.1) is 10.1 Å². The van der Waals surface area contributed by atoms with E-state index >= 15 is 0 Å². The van der Waals surface area contributed by atoms with Crippen molar-refractivity contribution in [2.45, 2.75) is 18.4 Å².